The Bertz CT molecular complexity index is 836. The van der Waals surface area contributed by atoms with Crippen LogP contribution in [0.4, 0.5) is 11.4 Å². The number of amides is 2. The highest BCUT2D eigenvalue weighted by Crippen LogP contribution is 2.33. The van der Waals surface area contributed by atoms with Crippen molar-refractivity contribution in [1.82, 2.24) is 0 Å². The average molecular weight is 349 g/mol. The lowest BCUT2D eigenvalue weighted by Gasteiger charge is -2.09. The van der Waals surface area contributed by atoms with Crippen LogP contribution in [0.25, 0.3) is 0 Å². The largest absolute Gasteiger partial charge is 0.325 e. The van der Waals surface area contributed by atoms with Crippen molar-refractivity contribution in [2.45, 2.75) is 5.92 Å². The van der Waals surface area contributed by atoms with Crippen LogP contribution in [0.5, 0.6) is 0 Å². The zero-order chi connectivity index (χ0) is 16.6. The highest BCUT2D eigenvalue weighted by Gasteiger charge is 2.39. The van der Waals surface area contributed by atoms with Crippen LogP contribution in [0.1, 0.15) is 11.5 Å². The molecule has 2 amide bonds. The predicted molar refractivity (Wildman–Crippen MR) is 87.9 cm³/mol. The summed E-state index contributed by atoms with van der Waals surface area (Å²) in [6.07, 6.45) is 0. The molecule has 3 rings (SSSR count). The van der Waals surface area contributed by atoms with Crippen molar-refractivity contribution in [3.63, 3.8) is 0 Å². The number of benzene rings is 2. The molecule has 2 aromatic carbocycles. The van der Waals surface area contributed by atoms with Crippen molar-refractivity contribution in [1.29, 1.82) is 0 Å². The second-order valence-corrected chi connectivity index (χ2v) is 5.77. The summed E-state index contributed by atoms with van der Waals surface area (Å²) < 4.78 is 0. The third-order valence-electron chi connectivity index (χ3n) is 3.46. The fraction of sp³-hybridized carbons (Fsp3) is 0.0625. The molecule has 0 saturated heterocycles. The molecule has 5 nitrogen and oxygen atoms in total. The number of carbonyl (C=O) groups is 3. The maximum atomic E-state index is 12.3. The van der Waals surface area contributed by atoms with Crippen molar-refractivity contribution in [2.24, 2.45) is 0 Å². The third kappa shape index (κ3) is 2.93. The molecule has 0 spiro atoms. The van der Waals surface area contributed by atoms with E-state index in [-0.39, 0.29) is 5.02 Å². The molecule has 0 saturated carbocycles. The highest BCUT2D eigenvalue weighted by atomic mass is 35.5. The Labute approximate surface area is 141 Å². The van der Waals surface area contributed by atoms with E-state index in [1.54, 1.807) is 24.3 Å². The van der Waals surface area contributed by atoms with Crippen LogP contribution in [0.15, 0.2) is 42.5 Å². The lowest BCUT2D eigenvalue weighted by Crippen LogP contribution is -2.31. The van der Waals surface area contributed by atoms with E-state index in [0.29, 0.717) is 22.0 Å². The molecule has 0 fully saturated rings. The number of fused-ring (bicyclic) bond motifs is 1. The normalized spacial score (nSPS) is 15.7. The average Bonchev–Trinajstić information content (AvgIpc) is 2.86. The third-order valence-corrected chi connectivity index (χ3v) is 4.19. The lowest BCUT2D eigenvalue weighted by molar-refractivity contribution is -0.138. The van der Waals surface area contributed by atoms with Crippen LogP contribution in [0.2, 0.25) is 10.0 Å². The molecule has 23 heavy (non-hydrogen) atoms. The van der Waals surface area contributed by atoms with Crippen molar-refractivity contribution < 1.29 is 14.4 Å². The summed E-state index contributed by atoms with van der Waals surface area (Å²) in [5, 5.41) is 5.60. The minimum Gasteiger partial charge on any atom is -0.325 e. The molecule has 0 aliphatic carbocycles. The van der Waals surface area contributed by atoms with Gasteiger partial charge >= 0.3 is 0 Å². The van der Waals surface area contributed by atoms with Gasteiger partial charge in [0.1, 0.15) is 5.92 Å². The first kappa shape index (κ1) is 15.5. The van der Waals surface area contributed by atoms with Crippen LogP contribution >= 0.6 is 23.2 Å². The number of hydrogen-bond acceptors (Lipinski definition) is 3. The van der Waals surface area contributed by atoms with Crippen molar-refractivity contribution in [3.8, 4) is 0 Å². The van der Waals surface area contributed by atoms with Crippen LogP contribution < -0.4 is 10.6 Å². The molecule has 2 aromatic rings. The number of ketones is 1. The number of carbonyl (C=O) groups excluding carboxylic acids is 3. The smallest absolute Gasteiger partial charge is 0.292 e. The number of Topliss-reactive ketones (excluding diaryl/α,β-unsaturated/α-hetero) is 1. The standard InChI is InChI=1S/C16H10Cl2N2O3/c17-10-6-5-8(7-11(10)18)19-16(23)14(21)13-9-3-1-2-4-12(9)20-15(13)22/h1-7,13H,(H,19,23)(H,20,22). The van der Waals surface area contributed by atoms with Gasteiger partial charge < -0.3 is 10.6 Å². The fourth-order valence-electron chi connectivity index (χ4n) is 2.37. The molecule has 1 unspecified atom stereocenters. The summed E-state index contributed by atoms with van der Waals surface area (Å²) in [6, 6.07) is 11.2. The minimum atomic E-state index is -1.14. The molecule has 0 bridgehead atoms. The topological polar surface area (TPSA) is 75.3 Å². The van der Waals surface area contributed by atoms with E-state index in [1.165, 1.54) is 18.2 Å². The summed E-state index contributed by atoms with van der Waals surface area (Å²) in [5.41, 5.74) is 1.36. The van der Waals surface area contributed by atoms with E-state index in [1.807, 2.05) is 0 Å². The van der Waals surface area contributed by atoms with Crippen LogP contribution in [0, 0.1) is 0 Å². The Morgan fingerprint density at radius 1 is 1.04 bits per heavy atom. The van der Waals surface area contributed by atoms with Gasteiger partial charge in [0.15, 0.2) is 0 Å². The van der Waals surface area contributed by atoms with E-state index in [9.17, 15) is 14.4 Å². The molecule has 0 aromatic heterocycles. The van der Waals surface area contributed by atoms with Gasteiger partial charge in [0.25, 0.3) is 5.91 Å². The zero-order valence-electron chi connectivity index (χ0n) is 11.6. The number of nitrogens with one attached hydrogen (secondary N) is 2. The van der Waals surface area contributed by atoms with Gasteiger partial charge in [0.2, 0.25) is 11.7 Å². The molecule has 116 valence electrons. The summed E-state index contributed by atoms with van der Waals surface area (Å²) in [4.78, 5) is 36.5. The number of halogens is 2. The van der Waals surface area contributed by atoms with Crippen molar-refractivity contribution in [3.05, 3.63) is 58.1 Å². The van der Waals surface area contributed by atoms with Gasteiger partial charge in [-0.2, -0.15) is 0 Å². The van der Waals surface area contributed by atoms with Gasteiger partial charge in [0.05, 0.1) is 10.0 Å². The van der Waals surface area contributed by atoms with Crippen LogP contribution in [0.3, 0.4) is 0 Å². The quantitative estimate of drug-likeness (QED) is 0.660. The molecule has 2 N–H and O–H groups in total. The van der Waals surface area contributed by atoms with E-state index in [2.05, 4.69) is 10.6 Å². The first-order chi connectivity index (χ1) is 11.0. The van der Waals surface area contributed by atoms with E-state index >= 15 is 0 Å². The maximum absolute atomic E-state index is 12.3. The number of rotatable bonds is 3. The lowest BCUT2D eigenvalue weighted by atomic mass is 9.95. The Morgan fingerprint density at radius 3 is 2.52 bits per heavy atom. The minimum absolute atomic E-state index is 0.251. The second-order valence-electron chi connectivity index (χ2n) is 4.96. The molecule has 1 atom stereocenters. The second kappa shape index (κ2) is 6.02. The molecule has 0 radical (unpaired) electrons. The van der Waals surface area contributed by atoms with Gasteiger partial charge in [-0.1, -0.05) is 41.4 Å². The van der Waals surface area contributed by atoms with Gasteiger partial charge in [-0.05, 0) is 29.8 Å². The van der Waals surface area contributed by atoms with Gasteiger partial charge in [-0.15, -0.1) is 0 Å². The summed E-state index contributed by atoms with van der Waals surface area (Å²) in [5.74, 6) is -3.38. The van der Waals surface area contributed by atoms with E-state index in [4.69, 9.17) is 23.2 Å². The summed E-state index contributed by atoms with van der Waals surface area (Å²) in [6.45, 7) is 0. The van der Waals surface area contributed by atoms with Crippen LogP contribution in [-0.4, -0.2) is 17.6 Å². The monoisotopic (exact) mass is 348 g/mol. The van der Waals surface area contributed by atoms with Gasteiger partial charge in [0, 0.05) is 11.4 Å². The maximum Gasteiger partial charge on any atom is 0.292 e. The Kier molecular flexibility index (Phi) is 4.07. The Hall–Kier alpha value is -2.37. The molecule has 7 heteroatoms. The summed E-state index contributed by atoms with van der Waals surface area (Å²) in [7, 11) is 0. The summed E-state index contributed by atoms with van der Waals surface area (Å²) >= 11 is 11.7. The SMILES string of the molecule is O=C(Nc1ccc(Cl)c(Cl)c1)C(=O)C1C(=O)Nc2ccccc21. The molecule has 1 aliphatic rings. The van der Waals surface area contributed by atoms with Gasteiger partial charge in [-0.25, -0.2) is 0 Å². The first-order valence-corrected chi connectivity index (χ1v) is 7.43. The number of hydrogen-bond donors (Lipinski definition) is 2. The van der Waals surface area contributed by atoms with Crippen molar-refractivity contribution in [2.75, 3.05) is 10.6 Å². The highest BCUT2D eigenvalue weighted by molar-refractivity contribution is 6.47. The van der Waals surface area contributed by atoms with Crippen molar-refractivity contribution >= 4 is 52.2 Å². The van der Waals surface area contributed by atoms with E-state index < -0.39 is 23.5 Å². The van der Waals surface area contributed by atoms with Crippen LogP contribution in [-0.2, 0) is 14.4 Å². The van der Waals surface area contributed by atoms with E-state index in [0.717, 1.165) is 0 Å². The number of para-hydroxylation sites is 1. The first-order valence-electron chi connectivity index (χ1n) is 6.67. The van der Waals surface area contributed by atoms with Gasteiger partial charge in [-0.3, -0.25) is 14.4 Å². The molecular weight excluding hydrogens is 339 g/mol. The molecule has 1 heterocycles. The predicted octanol–water partition coefficient (Wildman–Crippen LogP) is 3.24. The number of anilines is 2. The Morgan fingerprint density at radius 2 is 1.78 bits per heavy atom. The molecular formula is C16H10Cl2N2O3. The molecule has 1 aliphatic heterocycles. The Balaban J connectivity index is 1.81. The zero-order valence-corrected chi connectivity index (χ0v) is 13.1. The fourth-order valence-corrected chi connectivity index (χ4v) is 2.66.